The first kappa shape index (κ1) is 19.6. The van der Waals surface area contributed by atoms with Crippen LogP contribution in [-0.2, 0) is 11.2 Å². The number of fused-ring (bicyclic) bond motifs is 1. The van der Waals surface area contributed by atoms with Gasteiger partial charge in [-0.05, 0) is 56.1 Å². The first-order chi connectivity index (χ1) is 13.6. The van der Waals surface area contributed by atoms with Gasteiger partial charge in [-0.1, -0.05) is 0 Å². The molecule has 4 rings (SSSR count). The molecule has 0 amide bonds. The van der Waals surface area contributed by atoms with Gasteiger partial charge >= 0.3 is 0 Å². The van der Waals surface area contributed by atoms with Crippen LogP contribution in [0.5, 0.6) is 5.75 Å². The Balaban J connectivity index is 1.48. The summed E-state index contributed by atoms with van der Waals surface area (Å²) in [4.78, 5) is 5.74. The smallest absolute Gasteiger partial charge is 0.229 e. The number of aromatic nitrogens is 1. The van der Waals surface area contributed by atoms with Gasteiger partial charge in [-0.15, -0.1) is 0 Å². The van der Waals surface area contributed by atoms with Crippen LogP contribution in [0.2, 0.25) is 0 Å². The van der Waals surface area contributed by atoms with Crippen LogP contribution < -0.4 is 4.74 Å². The molecule has 8 nitrogen and oxygen atoms in total. The second-order valence-electron chi connectivity index (χ2n) is 7.64. The molecule has 1 aromatic heterocycles. The van der Waals surface area contributed by atoms with E-state index in [0.29, 0.717) is 5.75 Å². The zero-order valence-electron chi connectivity index (χ0n) is 15.7. The van der Waals surface area contributed by atoms with Crippen LogP contribution in [0.4, 0.5) is 0 Å². The van der Waals surface area contributed by atoms with Crippen LogP contribution in [0, 0.1) is 0 Å². The monoisotopic (exact) mass is 392 g/mol. The number of H-pyrrole nitrogens is 1. The molecule has 0 saturated carbocycles. The van der Waals surface area contributed by atoms with Gasteiger partial charge in [0.25, 0.3) is 0 Å². The second-order valence-corrected chi connectivity index (χ2v) is 7.64. The summed E-state index contributed by atoms with van der Waals surface area (Å²) in [5.41, 5.74) is 2.19. The normalized spacial score (nSPS) is 31.5. The van der Waals surface area contributed by atoms with Crippen molar-refractivity contribution in [1.82, 2.24) is 9.88 Å². The van der Waals surface area contributed by atoms with Crippen molar-refractivity contribution >= 4 is 10.9 Å². The fourth-order valence-electron chi connectivity index (χ4n) is 4.02. The zero-order chi connectivity index (χ0) is 19.7. The lowest BCUT2D eigenvalue weighted by Gasteiger charge is -2.39. The number of aliphatic hydroxyl groups excluding tert-OH is 4. The molecule has 5 atom stereocenters. The summed E-state index contributed by atoms with van der Waals surface area (Å²) >= 11 is 0. The highest BCUT2D eigenvalue weighted by Gasteiger charge is 2.44. The summed E-state index contributed by atoms with van der Waals surface area (Å²) in [6.07, 6.45) is -0.963. The Bertz CT molecular complexity index is 788. The number of benzene rings is 1. The third-order valence-corrected chi connectivity index (χ3v) is 5.74. The van der Waals surface area contributed by atoms with E-state index in [0.717, 1.165) is 37.0 Å². The Morgan fingerprint density at radius 3 is 2.64 bits per heavy atom. The molecule has 1 aromatic carbocycles. The predicted octanol–water partition coefficient (Wildman–Crippen LogP) is -0.0151. The molecule has 0 bridgehead atoms. The Morgan fingerprint density at radius 2 is 1.89 bits per heavy atom. The standard InChI is InChI=1S/C20H28N2O6/c23-11-16-17(24)18(25)19(26)20(28-16)27-13-3-4-15-14(9-13)12(10-21-15)5-8-22-6-1-2-7-22/h3-4,9-10,16-21,23-26H,1-2,5-8,11H2. The van der Waals surface area contributed by atoms with Crippen LogP contribution in [0.3, 0.4) is 0 Å². The number of aromatic amines is 1. The second kappa shape index (κ2) is 8.36. The molecule has 2 aliphatic heterocycles. The molecule has 2 saturated heterocycles. The van der Waals surface area contributed by atoms with Gasteiger partial charge in [0, 0.05) is 23.6 Å². The van der Waals surface area contributed by atoms with Crippen molar-refractivity contribution in [3.05, 3.63) is 30.0 Å². The maximum atomic E-state index is 10.2. The Hall–Kier alpha value is -1.68. The summed E-state index contributed by atoms with van der Waals surface area (Å²) in [7, 11) is 0. The SMILES string of the molecule is OCC1OC(Oc2ccc3[nH]cc(CCN4CCCC4)c3c2)C(O)C(O)C1O. The Labute approximate surface area is 163 Å². The van der Waals surface area contributed by atoms with E-state index in [4.69, 9.17) is 9.47 Å². The molecule has 2 fully saturated rings. The number of rotatable bonds is 6. The number of hydrogen-bond donors (Lipinski definition) is 5. The fraction of sp³-hybridized carbons (Fsp3) is 0.600. The summed E-state index contributed by atoms with van der Waals surface area (Å²) in [5, 5.41) is 40.3. The number of likely N-dealkylation sites (tertiary alicyclic amines) is 1. The molecule has 5 unspecified atom stereocenters. The van der Waals surface area contributed by atoms with Crippen LogP contribution in [0.15, 0.2) is 24.4 Å². The van der Waals surface area contributed by atoms with Crippen molar-refractivity contribution < 1.29 is 29.9 Å². The molecule has 154 valence electrons. The average molecular weight is 392 g/mol. The van der Waals surface area contributed by atoms with E-state index in [1.807, 2.05) is 18.3 Å². The van der Waals surface area contributed by atoms with Crippen LogP contribution >= 0.6 is 0 Å². The van der Waals surface area contributed by atoms with E-state index in [9.17, 15) is 20.4 Å². The number of hydrogen-bond acceptors (Lipinski definition) is 7. The summed E-state index contributed by atoms with van der Waals surface area (Å²) in [6.45, 7) is 2.86. The van der Waals surface area contributed by atoms with Gasteiger partial charge in [-0.3, -0.25) is 0 Å². The number of nitrogens with one attached hydrogen (secondary N) is 1. The van der Waals surface area contributed by atoms with E-state index in [2.05, 4.69) is 9.88 Å². The van der Waals surface area contributed by atoms with Crippen LogP contribution in [0.1, 0.15) is 18.4 Å². The highest BCUT2D eigenvalue weighted by Crippen LogP contribution is 2.28. The minimum absolute atomic E-state index is 0.484. The van der Waals surface area contributed by atoms with E-state index in [1.54, 1.807) is 6.07 Å². The average Bonchev–Trinajstić information content (AvgIpc) is 3.36. The lowest BCUT2D eigenvalue weighted by Crippen LogP contribution is -2.60. The molecule has 28 heavy (non-hydrogen) atoms. The Morgan fingerprint density at radius 1 is 1.11 bits per heavy atom. The molecule has 2 aromatic rings. The van der Waals surface area contributed by atoms with Crippen molar-refractivity contribution in [3.8, 4) is 5.75 Å². The summed E-state index contributed by atoms with van der Waals surface area (Å²) in [5.74, 6) is 0.485. The molecule has 0 spiro atoms. The zero-order valence-corrected chi connectivity index (χ0v) is 15.7. The summed E-state index contributed by atoms with van der Waals surface area (Å²) in [6, 6.07) is 5.53. The molecule has 0 radical (unpaired) electrons. The third-order valence-electron chi connectivity index (χ3n) is 5.74. The maximum absolute atomic E-state index is 10.2. The van der Waals surface area contributed by atoms with Gasteiger partial charge < -0.3 is 39.8 Å². The van der Waals surface area contributed by atoms with Crippen LogP contribution in [-0.4, -0.2) is 87.3 Å². The topological polar surface area (TPSA) is 118 Å². The molecular weight excluding hydrogens is 364 g/mol. The molecule has 8 heteroatoms. The van der Waals surface area contributed by atoms with Gasteiger partial charge in [-0.25, -0.2) is 0 Å². The molecule has 3 heterocycles. The van der Waals surface area contributed by atoms with Gasteiger partial charge in [0.05, 0.1) is 6.61 Å². The summed E-state index contributed by atoms with van der Waals surface area (Å²) < 4.78 is 11.2. The molecule has 5 N–H and O–H groups in total. The highest BCUT2D eigenvalue weighted by atomic mass is 16.7. The minimum atomic E-state index is -1.46. The lowest BCUT2D eigenvalue weighted by atomic mass is 9.99. The van der Waals surface area contributed by atoms with Crippen molar-refractivity contribution in [2.45, 2.75) is 50.0 Å². The van der Waals surface area contributed by atoms with Crippen molar-refractivity contribution in [2.24, 2.45) is 0 Å². The minimum Gasteiger partial charge on any atom is -0.462 e. The van der Waals surface area contributed by atoms with Gasteiger partial charge in [-0.2, -0.15) is 0 Å². The van der Waals surface area contributed by atoms with Crippen LogP contribution in [0.25, 0.3) is 10.9 Å². The number of nitrogens with zero attached hydrogens (tertiary/aromatic N) is 1. The molecular formula is C20H28N2O6. The number of ether oxygens (including phenoxy) is 2. The first-order valence-electron chi connectivity index (χ1n) is 9.86. The fourth-order valence-corrected chi connectivity index (χ4v) is 4.02. The third kappa shape index (κ3) is 3.89. The van der Waals surface area contributed by atoms with E-state index in [1.165, 1.54) is 18.4 Å². The highest BCUT2D eigenvalue weighted by molar-refractivity contribution is 5.84. The quantitative estimate of drug-likeness (QED) is 0.469. The van der Waals surface area contributed by atoms with Crippen molar-refractivity contribution in [2.75, 3.05) is 26.2 Å². The van der Waals surface area contributed by atoms with Gasteiger partial charge in [0.1, 0.15) is 30.2 Å². The first-order valence-corrected chi connectivity index (χ1v) is 9.86. The van der Waals surface area contributed by atoms with E-state index in [-0.39, 0.29) is 0 Å². The maximum Gasteiger partial charge on any atom is 0.229 e. The van der Waals surface area contributed by atoms with Crippen molar-refractivity contribution in [1.29, 1.82) is 0 Å². The number of aliphatic hydroxyl groups is 4. The van der Waals surface area contributed by atoms with Gasteiger partial charge in [0.15, 0.2) is 0 Å². The lowest BCUT2D eigenvalue weighted by molar-refractivity contribution is -0.277. The molecule has 2 aliphatic rings. The van der Waals surface area contributed by atoms with E-state index < -0.39 is 37.3 Å². The van der Waals surface area contributed by atoms with Gasteiger partial charge in [0.2, 0.25) is 6.29 Å². The largest absolute Gasteiger partial charge is 0.462 e. The molecule has 0 aliphatic carbocycles. The van der Waals surface area contributed by atoms with Crippen molar-refractivity contribution in [3.63, 3.8) is 0 Å². The Kier molecular flexibility index (Phi) is 5.86. The van der Waals surface area contributed by atoms with E-state index >= 15 is 0 Å². The predicted molar refractivity (Wildman–Crippen MR) is 102 cm³/mol.